The average Bonchev–Trinajstić information content (AvgIpc) is 2.85. The van der Waals surface area contributed by atoms with Gasteiger partial charge in [0.05, 0.1) is 5.69 Å². The summed E-state index contributed by atoms with van der Waals surface area (Å²) in [6.45, 7) is 7.62. The first-order chi connectivity index (χ1) is 9.70. The second kappa shape index (κ2) is 5.74. The molecule has 20 heavy (non-hydrogen) atoms. The third kappa shape index (κ3) is 2.69. The summed E-state index contributed by atoms with van der Waals surface area (Å²) >= 11 is 1.71. The number of aromatic nitrogens is 2. The highest BCUT2D eigenvalue weighted by Crippen LogP contribution is 2.39. The zero-order valence-corrected chi connectivity index (χ0v) is 13.4. The van der Waals surface area contributed by atoms with Crippen LogP contribution < -0.4 is 10.2 Å². The molecule has 2 aromatic rings. The molecule has 1 fully saturated rings. The van der Waals surface area contributed by atoms with E-state index in [0.717, 1.165) is 48.7 Å². The molecule has 0 bridgehead atoms. The summed E-state index contributed by atoms with van der Waals surface area (Å²) in [5.41, 5.74) is 1.30. The van der Waals surface area contributed by atoms with Crippen LogP contribution in [0, 0.1) is 11.8 Å². The zero-order chi connectivity index (χ0) is 14.1. The van der Waals surface area contributed by atoms with Gasteiger partial charge in [0, 0.05) is 31.7 Å². The molecule has 4 nitrogen and oxygen atoms in total. The van der Waals surface area contributed by atoms with Crippen molar-refractivity contribution in [1.29, 1.82) is 0 Å². The summed E-state index contributed by atoms with van der Waals surface area (Å²) in [6.07, 6.45) is 4.67. The lowest BCUT2D eigenvalue weighted by Crippen LogP contribution is -2.24. The first-order valence-electron chi connectivity index (χ1n) is 7.57. The van der Waals surface area contributed by atoms with Gasteiger partial charge in [-0.3, -0.25) is 4.40 Å². The highest BCUT2D eigenvalue weighted by molar-refractivity contribution is 7.15. The minimum absolute atomic E-state index is 0.858. The molecule has 1 aliphatic carbocycles. The average molecular weight is 292 g/mol. The van der Waals surface area contributed by atoms with Gasteiger partial charge in [0.2, 0.25) is 0 Å². The molecule has 0 saturated heterocycles. The van der Waals surface area contributed by atoms with Crippen molar-refractivity contribution in [3.63, 3.8) is 0 Å². The van der Waals surface area contributed by atoms with Crippen LogP contribution in [-0.4, -0.2) is 29.5 Å². The summed E-state index contributed by atoms with van der Waals surface area (Å²) in [5, 5.41) is 5.62. The van der Waals surface area contributed by atoms with Gasteiger partial charge < -0.3 is 10.2 Å². The van der Waals surface area contributed by atoms with Crippen molar-refractivity contribution in [3.8, 4) is 0 Å². The topological polar surface area (TPSA) is 32.6 Å². The second-order valence-electron chi connectivity index (χ2n) is 5.97. The van der Waals surface area contributed by atoms with Gasteiger partial charge in [-0.15, -0.1) is 11.3 Å². The third-order valence-electron chi connectivity index (χ3n) is 4.21. The number of fused-ring (bicyclic) bond motifs is 1. The molecule has 2 atom stereocenters. The van der Waals surface area contributed by atoms with Crippen LogP contribution in [0.15, 0.2) is 11.6 Å². The Labute approximate surface area is 124 Å². The van der Waals surface area contributed by atoms with Gasteiger partial charge >= 0.3 is 0 Å². The molecule has 0 aliphatic heterocycles. The highest BCUT2D eigenvalue weighted by atomic mass is 32.1. The van der Waals surface area contributed by atoms with Crippen molar-refractivity contribution in [1.82, 2.24) is 14.7 Å². The molecule has 0 spiro atoms. The van der Waals surface area contributed by atoms with Crippen molar-refractivity contribution < 1.29 is 0 Å². The fourth-order valence-electron chi connectivity index (χ4n) is 2.77. The van der Waals surface area contributed by atoms with Crippen LogP contribution in [0.4, 0.5) is 5.82 Å². The lowest BCUT2D eigenvalue weighted by Gasteiger charge is -2.18. The van der Waals surface area contributed by atoms with Crippen LogP contribution in [0.25, 0.3) is 4.96 Å². The summed E-state index contributed by atoms with van der Waals surface area (Å²) in [6, 6.07) is 0. The van der Waals surface area contributed by atoms with E-state index in [9.17, 15) is 0 Å². The molecule has 1 saturated carbocycles. The normalized spacial score (nSPS) is 21.6. The lowest BCUT2D eigenvalue weighted by molar-refractivity contribution is 0.655. The SMILES string of the molecule is CCCNCc1c(N(C)CC2CC2C)nc2sccn12. The van der Waals surface area contributed by atoms with Crippen molar-refractivity contribution in [3.05, 3.63) is 17.3 Å². The van der Waals surface area contributed by atoms with Gasteiger partial charge in [-0.1, -0.05) is 13.8 Å². The van der Waals surface area contributed by atoms with E-state index in [2.05, 4.69) is 47.1 Å². The van der Waals surface area contributed by atoms with Crippen molar-refractivity contribution in [2.24, 2.45) is 11.8 Å². The maximum atomic E-state index is 4.82. The van der Waals surface area contributed by atoms with Gasteiger partial charge in [0.15, 0.2) is 10.8 Å². The van der Waals surface area contributed by atoms with E-state index in [1.807, 2.05) is 0 Å². The number of thiazole rings is 1. The van der Waals surface area contributed by atoms with E-state index in [-0.39, 0.29) is 0 Å². The fraction of sp³-hybridized carbons (Fsp3) is 0.667. The number of nitrogens with one attached hydrogen (secondary N) is 1. The molecule has 0 aromatic carbocycles. The molecule has 0 radical (unpaired) electrons. The molecule has 2 aromatic heterocycles. The molecule has 2 unspecified atom stereocenters. The summed E-state index contributed by atoms with van der Waals surface area (Å²) in [7, 11) is 2.18. The Balaban J connectivity index is 1.80. The van der Waals surface area contributed by atoms with Crippen molar-refractivity contribution in [2.45, 2.75) is 33.2 Å². The van der Waals surface area contributed by atoms with E-state index < -0.39 is 0 Å². The fourth-order valence-corrected chi connectivity index (χ4v) is 3.49. The van der Waals surface area contributed by atoms with E-state index >= 15 is 0 Å². The summed E-state index contributed by atoms with van der Waals surface area (Å²) < 4.78 is 2.23. The summed E-state index contributed by atoms with van der Waals surface area (Å²) in [4.78, 5) is 8.27. The Hall–Kier alpha value is -1.07. The maximum absolute atomic E-state index is 4.82. The van der Waals surface area contributed by atoms with Crippen LogP contribution in [0.3, 0.4) is 0 Å². The third-order valence-corrected chi connectivity index (χ3v) is 4.96. The Morgan fingerprint density at radius 1 is 1.55 bits per heavy atom. The smallest absolute Gasteiger partial charge is 0.195 e. The van der Waals surface area contributed by atoms with Gasteiger partial charge in [0.25, 0.3) is 0 Å². The van der Waals surface area contributed by atoms with E-state index in [1.165, 1.54) is 12.1 Å². The largest absolute Gasteiger partial charge is 0.358 e. The predicted octanol–water partition coefficient (Wildman–Crippen LogP) is 2.99. The minimum Gasteiger partial charge on any atom is -0.358 e. The van der Waals surface area contributed by atoms with Crippen LogP contribution >= 0.6 is 11.3 Å². The van der Waals surface area contributed by atoms with E-state index in [4.69, 9.17) is 4.98 Å². The summed E-state index contributed by atoms with van der Waals surface area (Å²) in [5.74, 6) is 2.90. The Kier molecular flexibility index (Phi) is 3.98. The van der Waals surface area contributed by atoms with Crippen molar-refractivity contribution in [2.75, 3.05) is 25.0 Å². The molecule has 1 aliphatic rings. The standard InChI is InChI=1S/C15H24N4S/c1-4-5-16-9-13-14(17-15-19(13)6-7-20-15)18(3)10-12-8-11(12)2/h6-7,11-12,16H,4-5,8-10H2,1-3H3. The van der Waals surface area contributed by atoms with Crippen molar-refractivity contribution >= 4 is 22.1 Å². The number of rotatable bonds is 7. The van der Waals surface area contributed by atoms with Crippen LogP contribution in [0.2, 0.25) is 0 Å². The maximum Gasteiger partial charge on any atom is 0.195 e. The number of anilines is 1. The molecular weight excluding hydrogens is 268 g/mol. The van der Waals surface area contributed by atoms with Gasteiger partial charge in [-0.25, -0.2) is 4.98 Å². The zero-order valence-electron chi connectivity index (χ0n) is 12.6. The predicted molar refractivity (Wildman–Crippen MR) is 85.6 cm³/mol. The Bertz CT molecular complexity index is 573. The van der Waals surface area contributed by atoms with Gasteiger partial charge in [-0.05, 0) is 31.2 Å². The molecular formula is C15H24N4S. The Morgan fingerprint density at radius 2 is 2.35 bits per heavy atom. The molecule has 2 heterocycles. The highest BCUT2D eigenvalue weighted by Gasteiger charge is 2.34. The second-order valence-corrected chi connectivity index (χ2v) is 6.84. The molecule has 110 valence electrons. The number of hydrogen-bond donors (Lipinski definition) is 1. The quantitative estimate of drug-likeness (QED) is 0.796. The number of imidazole rings is 1. The van der Waals surface area contributed by atoms with Gasteiger partial charge in [0.1, 0.15) is 0 Å². The molecule has 3 rings (SSSR count). The van der Waals surface area contributed by atoms with Crippen LogP contribution in [-0.2, 0) is 6.54 Å². The van der Waals surface area contributed by atoms with Crippen LogP contribution in [0.5, 0.6) is 0 Å². The lowest BCUT2D eigenvalue weighted by atomic mass is 10.3. The molecule has 5 heteroatoms. The van der Waals surface area contributed by atoms with E-state index in [1.54, 1.807) is 11.3 Å². The minimum atomic E-state index is 0.858. The first-order valence-corrected chi connectivity index (χ1v) is 8.45. The molecule has 0 amide bonds. The van der Waals surface area contributed by atoms with E-state index in [0.29, 0.717) is 0 Å². The molecule has 1 N–H and O–H groups in total. The van der Waals surface area contributed by atoms with Gasteiger partial charge in [-0.2, -0.15) is 0 Å². The number of hydrogen-bond acceptors (Lipinski definition) is 4. The first kappa shape index (κ1) is 13.9. The Morgan fingerprint density at radius 3 is 3.05 bits per heavy atom. The number of nitrogens with zero attached hydrogens (tertiary/aromatic N) is 3. The monoisotopic (exact) mass is 292 g/mol. The van der Waals surface area contributed by atoms with Crippen LogP contribution in [0.1, 0.15) is 32.4 Å².